The zero-order valence-corrected chi connectivity index (χ0v) is 14.2. The van der Waals surface area contributed by atoms with E-state index in [1.807, 2.05) is 20.8 Å². The molecule has 140 valence electrons. The number of carbonyl (C=O) groups is 2. The Morgan fingerprint density at radius 1 is 1.20 bits per heavy atom. The van der Waals surface area contributed by atoms with Crippen LogP contribution < -0.4 is 5.73 Å². The predicted octanol–water partition coefficient (Wildman–Crippen LogP) is 4.71. The van der Waals surface area contributed by atoms with Gasteiger partial charge in [0.05, 0.1) is 5.56 Å². The maximum Gasteiger partial charge on any atom is 0.417 e. The lowest BCUT2D eigenvalue weighted by Crippen LogP contribution is -2.27. The lowest BCUT2D eigenvalue weighted by molar-refractivity contribution is -0.138. The van der Waals surface area contributed by atoms with E-state index in [9.17, 15) is 27.2 Å². The van der Waals surface area contributed by atoms with Crippen LogP contribution in [0, 0.1) is 11.2 Å². The highest BCUT2D eigenvalue weighted by Gasteiger charge is 2.35. The average Bonchev–Trinajstić information content (AvgIpc) is 2.41. The Labute approximate surface area is 143 Å². The molecule has 1 rings (SSSR count). The van der Waals surface area contributed by atoms with Crippen LogP contribution in [-0.2, 0) is 10.9 Å². The summed E-state index contributed by atoms with van der Waals surface area (Å²) in [6.45, 7) is 5.65. The second kappa shape index (κ2) is 7.84. The Balaban J connectivity index is 2.92. The molecular weight excluding hydrogens is 342 g/mol. The maximum absolute atomic E-state index is 13.1. The van der Waals surface area contributed by atoms with E-state index in [0.717, 1.165) is 12.1 Å². The standard InChI is InChI=1S/C17H21F4NO3/c1-16(2,3)9-11(25-15(22)24)5-7-14(23)12-6-4-10(18)8-13(12)17(19,20)21/h4,6,8,11H,5,7,9H2,1-3H3,(H2,22,24). The van der Waals surface area contributed by atoms with Crippen LogP contribution in [0.2, 0.25) is 0 Å². The zero-order chi connectivity index (χ0) is 19.4. The van der Waals surface area contributed by atoms with Crippen LogP contribution in [0.1, 0.15) is 56.0 Å². The van der Waals surface area contributed by atoms with Gasteiger partial charge in [0, 0.05) is 12.0 Å². The summed E-state index contributed by atoms with van der Waals surface area (Å²) < 4.78 is 57.0. The number of ether oxygens (including phenoxy) is 1. The highest BCUT2D eigenvalue weighted by atomic mass is 19.4. The lowest BCUT2D eigenvalue weighted by Gasteiger charge is -2.25. The average molecular weight is 363 g/mol. The smallest absolute Gasteiger partial charge is 0.417 e. The van der Waals surface area contributed by atoms with Crippen molar-refractivity contribution < 1.29 is 31.9 Å². The number of alkyl halides is 3. The summed E-state index contributed by atoms with van der Waals surface area (Å²) in [5, 5.41) is 0. The number of Topliss-reactive ketones (excluding diaryl/α,β-unsaturated/α-hetero) is 1. The van der Waals surface area contributed by atoms with Crippen LogP contribution >= 0.6 is 0 Å². The van der Waals surface area contributed by atoms with Gasteiger partial charge in [0.2, 0.25) is 0 Å². The fourth-order valence-corrected chi connectivity index (χ4v) is 2.47. The fourth-order valence-electron chi connectivity index (χ4n) is 2.47. The Morgan fingerprint density at radius 2 is 1.80 bits per heavy atom. The molecule has 1 aromatic carbocycles. The molecule has 0 spiro atoms. The Hall–Kier alpha value is -2.12. The highest BCUT2D eigenvalue weighted by Crippen LogP contribution is 2.33. The molecule has 1 amide bonds. The molecule has 0 fully saturated rings. The minimum atomic E-state index is -4.85. The first-order valence-electron chi connectivity index (χ1n) is 7.65. The second-order valence-corrected chi connectivity index (χ2v) is 6.97. The molecule has 0 radical (unpaired) electrons. The Bertz CT molecular complexity index is 636. The third-order valence-electron chi connectivity index (χ3n) is 3.40. The molecule has 1 unspecified atom stereocenters. The fraction of sp³-hybridized carbons (Fsp3) is 0.529. The number of halogens is 4. The van der Waals surface area contributed by atoms with Crippen molar-refractivity contribution in [1.82, 2.24) is 0 Å². The van der Waals surface area contributed by atoms with E-state index in [2.05, 4.69) is 0 Å². The van der Waals surface area contributed by atoms with E-state index in [4.69, 9.17) is 10.5 Å². The number of amides is 1. The first kappa shape index (κ1) is 20.9. The largest absolute Gasteiger partial charge is 0.446 e. The molecule has 25 heavy (non-hydrogen) atoms. The normalized spacial score (nSPS) is 13.4. The van der Waals surface area contributed by atoms with Gasteiger partial charge < -0.3 is 10.5 Å². The number of ketones is 1. The van der Waals surface area contributed by atoms with Crippen molar-refractivity contribution in [3.63, 3.8) is 0 Å². The summed E-state index contributed by atoms with van der Waals surface area (Å²) in [5.74, 6) is -1.88. The van der Waals surface area contributed by atoms with Gasteiger partial charge in [0.25, 0.3) is 0 Å². The molecule has 0 aliphatic rings. The SMILES string of the molecule is CC(C)(C)CC(CCC(=O)c1ccc(F)cc1C(F)(F)F)OC(N)=O. The minimum Gasteiger partial charge on any atom is -0.446 e. The number of carbonyl (C=O) groups excluding carboxylic acids is 2. The minimum absolute atomic E-state index is 0.0215. The van der Waals surface area contributed by atoms with Crippen LogP contribution in [0.3, 0.4) is 0 Å². The van der Waals surface area contributed by atoms with Gasteiger partial charge in [-0.15, -0.1) is 0 Å². The molecule has 1 aromatic rings. The highest BCUT2D eigenvalue weighted by molar-refractivity contribution is 5.97. The van der Waals surface area contributed by atoms with Crippen LogP contribution in [-0.4, -0.2) is 18.0 Å². The topological polar surface area (TPSA) is 69.4 Å². The predicted molar refractivity (Wildman–Crippen MR) is 83.5 cm³/mol. The van der Waals surface area contributed by atoms with Gasteiger partial charge in [0.1, 0.15) is 11.9 Å². The number of primary amides is 1. The van der Waals surface area contributed by atoms with Crippen LogP contribution in [0.4, 0.5) is 22.4 Å². The number of hydrogen-bond acceptors (Lipinski definition) is 3. The molecule has 4 nitrogen and oxygen atoms in total. The van der Waals surface area contributed by atoms with Crippen molar-refractivity contribution in [2.45, 2.75) is 52.3 Å². The summed E-state index contributed by atoms with van der Waals surface area (Å²) in [4.78, 5) is 23.1. The van der Waals surface area contributed by atoms with E-state index >= 15 is 0 Å². The van der Waals surface area contributed by atoms with E-state index in [1.54, 1.807) is 0 Å². The third-order valence-corrected chi connectivity index (χ3v) is 3.40. The van der Waals surface area contributed by atoms with Crippen LogP contribution in [0.5, 0.6) is 0 Å². The molecular formula is C17H21F4NO3. The first-order chi connectivity index (χ1) is 11.3. The van der Waals surface area contributed by atoms with Gasteiger partial charge in [-0.2, -0.15) is 13.2 Å². The maximum atomic E-state index is 13.1. The van der Waals surface area contributed by atoms with Crippen molar-refractivity contribution >= 4 is 11.9 Å². The molecule has 0 saturated carbocycles. The molecule has 0 aliphatic heterocycles. The van der Waals surface area contributed by atoms with Crippen molar-refractivity contribution in [2.75, 3.05) is 0 Å². The zero-order valence-electron chi connectivity index (χ0n) is 14.2. The van der Waals surface area contributed by atoms with Crippen molar-refractivity contribution in [1.29, 1.82) is 0 Å². The molecule has 1 atom stereocenters. The van der Waals surface area contributed by atoms with Gasteiger partial charge in [-0.3, -0.25) is 4.79 Å². The molecule has 0 bridgehead atoms. The molecule has 0 heterocycles. The number of benzene rings is 1. The van der Waals surface area contributed by atoms with E-state index in [0.29, 0.717) is 12.5 Å². The summed E-state index contributed by atoms with van der Waals surface area (Å²) in [7, 11) is 0. The molecule has 8 heteroatoms. The lowest BCUT2D eigenvalue weighted by atomic mass is 9.87. The monoisotopic (exact) mass is 363 g/mol. The van der Waals surface area contributed by atoms with Crippen molar-refractivity contribution in [2.24, 2.45) is 11.1 Å². The van der Waals surface area contributed by atoms with Gasteiger partial charge in [-0.25, -0.2) is 9.18 Å². The number of rotatable bonds is 6. The van der Waals surface area contributed by atoms with E-state index in [-0.39, 0.29) is 18.3 Å². The van der Waals surface area contributed by atoms with Crippen molar-refractivity contribution in [3.8, 4) is 0 Å². The van der Waals surface area contributed by atoms with E-state index in [1.165, 1.54) is 0 Å². The van der Waals surface area contributed by atoms with Crippen molar-refractivity contribution in [3.05, 3.63) is 35.1 Å². The van der Waals surface area contributed by atoms with Gasteiger partial charge in [0.15, 0.2) is 5.78 Å². The summed E-state index contributed by atoms with van der Waals surface area (Å²) in [6.07, 6.45) is -6.44. The molecule has 2 N–H and O–H groups in total. The Morgan fingerprint density at radius 3 is 2.28 bits per heavy atom. The van der Waals surface area contributed by atoms with Crippen LogP contribution in [0.25, 0.3) is 0 Å². The molecule has 0 saturated heterocycles. The Kier molecular flexibility index (Phi) is 6.56. The summed E-state index contributed by atoms with van der Waals surface area (Å²) in [5.41, 5.74) is 2.82. The summed E-state index contributed by atoms with van der Waals surface area (Å²) >= 11 is 0. The van der Waals surface area contributed by atoms with Gasteiger partial charge in [-0.1, -0.05) is 20.8 Å². The molecule has 0 aromatic heterocycles. The van der Waals surface area contributed by atoms with Crippen LogP contribution in [0.15, 0.2) is 18.2 Å². The molecule has 0 aliphatic carbocycles. The van der Waals surface area contributed by atoms with Gasteiger partial charge in [-0.05, 0) is 36.5 Å². The van der Waals surface area contributed by atoms with E-state index < -0.39 is 41.1 Å². The third kappa shape index (κ3) is 7.11. The van der Waals surface area contributed by atoms with Gasteiger partial charge >= 0.3 is 12.3 Å². The number of nitrogens with two attached hydrogens (primary N) is 1. The summed E-state index contributed by atoms with van der Waals surface area (Å²) in [6, 6.07) is 1.91. The second-order valence-electron chi connectivity index (χ2n) is 6.97. The quantitative estimate of drug-likeness (QED) is 0.588. The number of hydrogen-bond donors (Lipinski definition) is 1. The first-order valence-corrected chi connectivity index (χ1v) is 7.65.